The van der Waals surface area contributed by atoms with E-state index in [1.54, 1.807) is 6.07 Å². The first-order valence-electron chi connectivity index (χ1n) is 8.26. The molecule has 2 heterocycles. The number of rotatable bonds is 5. The highest BCUT2D eigenvalue weighted by Crippen LogP contribution is 2.23. The molecule has 0 saturated carbocycles. The molecule has 0 fully saturated rings. The average Bonchev–Trinajstić information content (AvgIpc) is 3.18. The number of carbonyl (C=O) groups excluding carboxylic acids is 1. The fraction of sp³-hybridized carbons (Fsp3) is 0.389. The normalized spacial score (nSPS) is 12.9. The first-order valence-corrected chi connectivity index (χ1v) is 8.26. The van der Waals surface area contributed by atoms with E-state index in [0.717, 1.165) is 22.6 Å². The monoisotopic (exact) mass is 325 g/mol. The number of amides is 1. The van der Waals surface area contributed by atoms with Crippen molar-refractivity contribution in [3.63, 3.8) is 0 Å². The molecule has 0 saturated heterocycles. The molecule has 6 heteroatoms. The number of fused-ring (bicyclic) bond motifs is 1. The van der Waals surface area contributed by atoms with Crippen LogP contribution in [0.4, 0.5) is 0 Å². The van der Waals surface area contributed by atoms with Gasteiger partial charge in [0.1, 0.15) is 11.5 Å². The number of para-hydroxylation sites is 2. The molecule has 1 unspecified atom stereocenters. The lowest BCUT2D eigenvalue weighted by atomic mass is 10.0. The summed E-state index contributed by atoms with van der Waals surface area (Å²) in [7, 11) is 0. The Hall–Kier alpha value is -2.63. The van der Waals surface area contributed by atoms with Crippen LogP contribution in [-0.2, 0) is 0 Å². The van der Waals surface area contributed by atoms with E-state index in [1.807, 2.05) is 24.3 Å². The van der Waals surface area contributed by atoms with Crippen molar-refractivity contribution in [2.75, 3.05) is 0 Å². The number of nitrogens with zero attached hydrogens (tertiary/aromatic N) is 2. The fourth-order valence-corrected chi connectivity index (χ4v) is 2.63. The lowest BCUT2D eigenvalue weighted by Crippen LogP contribution is -2.32. The summed E-state index contributed by atoms with van der Waals surface area (Å²) in [4.78, 5) is 20.5. The van der Waals surface area contributed by atoms with Crippen molar-refractivity contribution >= 4 is 16.9 Å². The molecular formula is C18H23N5O. The van der Waals surface area contributed by atoms with Crippen LogP contribution < -0.4 is 5.32 Å². The van der Waals surface area contributed by atoms with E-state index in [1.165, 1.54) is 0 Å². The molecule has 0 aliphatic heterocycles. The quantitative estimate of drug-likeness (QED) is 0.670. The van der Waals surface area contributed by atoms with Gasteiger partial charge in [-0.25, -0.2) is 4.98 Å². The summed E-state index contributed by atoms with van der Waals surface area (Å²) in [6.07, 6.45) is 0. The van der Waals surface area contributed by atoms with Crippen molar-refractivity contribution in [2.45, 2.75) is 39.7 Å². The summed E-state index contributed by atoms with van der Waals surface area (Å²) in [5, 5.41) is 10.1. The molecule has 1 amide bonds. The summed E-state index contributed by atoms with van der Waals surface area (Å²) in [6, 6.07) is 9.45. The van der Waals surface area contributed by atoms with Crippen LogP contribution in [0.3, 0.4) is 0 Å². The largest absolute Gasteiger partial charge is 0.340 e. The molecule has 3 aromatic rings. The summed E-state index contributed by atoms with van der Waals surface area (Å²) in [5.41, 5.74) is 3.22. The zero-order valence-corrected chi connectivity index (χ0v) is 14.4. The number of H-pyrrole nitrogens is 2. The van der Waals surface area contributed by atoms with E-state index >= 15 is 0 Å². The second-order valence-electron chi connectivity index (χ2n) is 6.70. The van der Waals surface area contributed by atoms with Crippen molar-refractivity contribution in [1.29, 1.82) is 0 Å². The van der Waals surface area contributed by atoms with E-state index in [9.17, 15) is 4.79 Å². The van der Waals surface area contributed by atoms with Gasteiger partial charge in [-0.05, 0) is 30.0 Å². The molecule has 0 spiro atoms. The first-order chi connectivity index (χ1) is 11.5. The third-order valence-corrected chi connectivity index (χ3v) is 4.11. The predicted molar refractivity (Wildman–Crippen MR) is 93.8 cm³/mol. The van der Waals surface area contributed by atoms with E-state index < -0.39 is 0 Å². The number of hydrogen-bond acceptors (Lipinski definition) is 3. The summed E-state index contributed by atoms with van der Waals surface area (Å²) in [6.45, 7) is 8.23. The van der Waals surface area contributed by atoms with Crippen LogP contribution in [0.15, 0.2) is 30.3 Å². The Balaban J connectivity index is 1.84. The van der Waals surface area contributed by atoms with Gasteiger partial charge in [0.2, 0.25) is 0 Å². The van der Waals surface area contributed by atoms with Gasteiger partial charge in [-0.15, -0.1) is 0 Å². The van der Waals surface area contributed by atoms with Crippen LogP contribution >= 0.6 is 0 Å². The third kappa shape index (κ3) is 3.18. The smallest absolute Gasteiger partial charge is 0.272 e. The molecule has 0 bridgehead atoms. The van der Waals surface area contributed by atoms with E-state index in [4.69, 9.17) is 0 Å². The van der Waals surface area contributed by atoms with E-state index in [2.05, 4.69) is 53.2 Å². The minimum absolute atomic E-state index is 0.193. The van der Waals surface area contributed by atoms with Crippen LogP contribution in [0.2, 0.25) is 0 Å². The Kier molecular flexibility index (Phi) is 4.38. The minimum Gasteiger partial charge on any atom is -0.340 e. The van der Waals surface area contributed by atoms with Crippen molar-refractivity contribution in [3.8, 4) is 0 Å². The van der Waals surface area contributed by atoms with Crippen LogP contribution in [0.25, 0.3) is 11.0 Å². The van der Waals surface area contributed by atoms with Crippen molar-refractivity contribution in [3.05, 3.63) is 47.5 Å². The zero-order valence-electron chi connectivity index (χ0n) is 14.4. The zero-order chi connectivity index (χ0) is 17.3. The fourth-order valence-electron chi connectivity index (χ4n) is 2.63. The van der Waals surface area contributed by atoms with Gasteiger partial charge in [0.05, 0.1) is 17.1 Å². The number of nitrogens with one attached hydrogen (secondary N) is 3. The summed E-state index contributed by atoms with van der Waals surface area (Å²) < 4.78 is 0. The highest BCUT2D eigenvalue weighted by Gasteiger charge is 2.23. The predicted octanol–water partition coefficient (Wildman–Crippen LogP) is 3.54. The van der Waals surface area contributed by atoms with Crippen molar-refractivity contribution in [1.82, 2.24) is 25.5 Å². The minimum atomic E-state index is -0.205. The molecule has 0 aliphatic rings. The van der Waals surface area contributed by atoms with Crippen LogP contribution in [0, 0.1) is 5.92 Å². The van der Waals surface area contributed by atoms with E-state index in [-0.39, 0.29) is 17.9 Å². The Bertz CT molecular complexity index is 813. The van der Waals surface area contributed by atoms with Crippen LogP contribution in [0.5, 0.6) is 0 Å². The average molecular weight is 325 g/mol. The van der Waals surface area contributed by atoms with Gasteiger partial charge in [-0.1, -0.05) is 39.8 Å². The third-order valence-electron chi connectivity index (χ3n) is 4.11. The molecular weight excluding hydrogens is 302 g/mol. The van der Waals surface area contributed by atoms with Crippen LogP contribution in [-0.4, -0.2) is 26.1 Å². The van der Waals surface area contributed by atoms with Gasteiger partial charge < -0.3 is 10.3 Å². The molecule has 0 radical (unpaired) electrons. The lowest BCUT2D eigenvalue weighted by Gasteiger charge is -2.19. The number of imidazole rings is 1. The summed E-state index contributed by atoms with van der Waals surface area (Å²) in [5.74, 6) is 1.06. The topological polar surface area (TPSA) is 86.5 Å². The Morgan fingerprint density at radius 3 is 2.54 bits per heavy atom. The molecule has 1 aromatic carbocycles. The Morgan fingerprint density at radius 2 is 1.92 bits per heavy atom. The number of hydrogen-bond donors (Lipinski definition) is 3. The molecule has 2 aromatic heterocycles. The highest BCUT2D eigenvalue weighted by atomic mass is 16.2. The van der Waals surface area contributed by atoms with E-state index in [0.29, 0.717) is 11.6 Å². The van der Waals surface area contributed by atoms with Gasteiger partial charge in [-0.3, -0.25) is 9.89 Å². The number of aromatic amines is 2. The van der Waals surface area contributed by atoms with Gasteiger partial charge in [0, 0.05) is 5.69 Å². The molecule has 126 valence electrons. The number of carbonyl (C=O) groups is 1. The number of benzene rings is 1. The highest BCUT2D eigenvalue weighted by molar-refractivity contribution is 5.92. The van der Waals surface area contributed by atoms with Crippen LogP contribution in [0.1, 0.15) is 61.7 Å². The molecule has 3 rings (SSSR count). The van der Waals surface area contributed by atoms with Gasteiger partial charge >= 0.3 is 0 Å². The molecule has 3 N–H and O–H groups in total. The maximum atomic E-state index is 12.5. The summed E-state index contributed by atoms with van der Waals surface area (Å²) >= 11 is 0. The maximum Gasteiger partial charge on any atom is 0.272 e. The van der Waals surface area contributed by atoms with Crippen molar-refractivity contribution in [2.24, 2.45) is 5.92 Å². The van der Waals surface area contributed by atoms with Crippen molar-refractivity contribution < 1.29 is 4.79 Å². The lowest BCUT2D eigenvalue weighted by molar-refractivity contribution is 0.0918. The molecule has 0 aliphatic carbocycles. The number of aromatic nitrogens is 4. The standard InChI is InChI=1S/C18H23N5O/c1-10(2)14-9-15(23-22-14)18(24)21-16(11(3)4)17-19-12-7-5-6-8-13(12)20-17/h5-11,16H,1-4H3,(H,19,20)(H,21,24)(H,22,23). The Labute approximate surface area is 141 Å². The Morgan fingerprint density at radius 1 is 1.17 bits per heavy atom. The SMILES string of the molecule is CC(C)c1cc(C(=O)NC(c2nc3ccccc3[nH]2)C(C)C)n[nH]1. The molecule has 6 nitrogen and oxygen atoms in total. The molecule has 24 heavy (non-hydrogen) atoms. The second-order valence-corrected chi connectivity index (χ2v) is 6.70. The van der Waals surface area contributed by atoms with Gasteiger partial charge in [0.15, 0.2) is 0 Å². The first kappa shape index (κ1) is 16.2. The second kappa shape index (κ2) is 6.47. The van der Waals surface area contributed by atoms with Gasteiger partial charge in [0.25, 0.3) is 5.91 Å². The maximum absolute atomic E-state index is 12.5. The molecule has 1 atom stereocenters. The van der Waals surface area contributed by atoms with Gasteiger partial charge in [-0.2, -0.15) is 5.10 Å².